The molecule has 0 spiro atoms. The molecule has 2 aromatic carbocycles. The van der Waals surface area contributed by atoms with Gasteiger partial charge in [-0.2, -0.15) is 0 Å². The van der Waals surface area contributed by atoms with Gasteiger partial charge in [0.05, 0.1) is 0 Å². The fourth-order valence-corrected chi connectivity index (χ4v) is 7.31. The molecule has 2 heterocycles. The monoisotopic (exact) mass is 467 g/mol. The zero-order chi connectivity index (χ0) is 20.3. The number of carbonyl (C=O) groups excluding carboxylic acids is 1. The van der Waals surface area contributed by atoms with Gasteiger partial charge in [0.2, 0.25) is 0 Å². The van der Waals surface area contributed by atoms with Crippen LogP contribution in [-0.2, 0) is 16.7 Å². The van der Waals surface area contributed by atoms with Crippen LogP contribution in [0.1, 0.15) is 29.9 Å². The number of thiophene rings is 1. The number of rotatable bonds is 7. The van der Waals surface area contributed by atoms with Crippen molar-refractivity contribution in [1.29, 1.82) is 0 Å². The van der Waals surface area contributed by atoms with Crippen molar-refractivity contribution in [1.82, 2.24) is 4.90 Å². The van der Waals surface area contributed by atoms with E-state index in [2.05, 4.69) is 73.8 Å². The van der Waals surface area contributed by atoms with Crippen molar-refractivity contribution in [3.63, 3.8) is 0 Å². The summed E-state index contributed by atoms with van der Waals surface area (Å²) >= 11 is 2.09. The molecule has 1 unspecified atom stereocenters. The Morgan fingerprint density at radius 2 is 1.59 bits per heavy atom. The van der Waals surface area contributed by atoms with Crippen LogP contribution in [0.4, 0.5) is 0 Å². The van der Waals surface area contributed by atoms with Crippen molar-refractivity contribution in [2.45, 2.75) is 31.0 Å². The normalized spacial score (nSPS) is 19.2. The molecule has 1 atom stereocenters. The maximum atomic E-state index is 13.7. The van der Waals surface area contributed by atoms with Crippen molar-refractivity contribution < 1.29 is 4.79 Å². The van der Waals surface area contributed by atoms with Gasteiger partial charge in [0.15, 0.2) is 0 Å². The molecule has 4 heteroatoms. The van der Waals surface area contributed by atoms with Gasteiger partial charge in [0, 0.05) is 0 Å². The van der Waals surface area contributed by atoms with Gasteiger partial charge in [-0.1, -0.05) is 0 Å². The van der Waals surface area contributed by atoms with E-state index in [1.165, 1.54) is 21.6 Å². The summed E-state index contributed by atoms with van der Waals surface area (Å²) in [4.78, 5) is 16.9. The van der Waals surface area contributed by atoms with Crippen molar-refractivity contribution >= 4 is 37.9 Å². The molecular weight excluding hydrogens is 441 g/mol. The Morgan fingerprint density at radius 1 is 0.931 bits per heavy atom. The van der Waals surface area contributed by atoms with Crippen LogP contribution in [0.15, 0.2) is 83.7 Å². The summed E-state index contributed by atoms with van der Waals surface area (Å²) in [5.74, 6) is 0.247. The van der Waals surface area contributed by atoms with Crippen LogP contribution in [0.2, 0.25) is 5.32 Å². The maximum absolute atomic E-state index is 13.7. The number of amides is 1. The fourth-order valence-electron chi connectivity index (χ4n) is 3.79. The quantitative estimate of drug-likeness (QED) is 0.400. The molecule has 0 saturated carbocycles. The SMILES string of the molecule is CC1=C(c2cccs2)N(Cc2ccccc2)C(=O)C1(C)C[Se]Cc1ccccc1. The first-order valence-electron chi connectivity index (χ1n) is 9.82. The van der Waals surface area contributed by atoms with Crippen LogP contribution < -0.4 is 0 Å². The molecule has 0 aliphatic carbocycles. The standard InChI is InChI=1S/C25H25NOSSe/c1-19-23(22-14-9-15-28-22)26(16-20-10-5-3-6-11-20)24(27)25(19,2)18-29-17-21-12-7-4-8-13-21/h3-15H,16-18H2,1-2H3. The van der Waals surface area contributed by atoms with Crippen molar-refractivity contribution in [2.24, 2.45) is 5.41 Å². The Labute approximate surface area is 183 Å². The summed E-state index contributed by atoms with van der Waals surface area (Å²) in [5.41, 5.74) is 4.45. The topological polar surface area (TPSA) is 20.3 Å². The molecular formula is C25H25NOSSe. The number of carbonyl (C=O) groups is 1. The summed E-state index contributed by atoms with van der Waals surface area (Å²) in [6.45, 7) is 4.94. The van der Waals surface area contributed by atoms with Crippen LogP contribution in [0.3, 0.4) is 0 Å². The first-order chi connectivity index (χ1) is 14.1. The third-order valence-electron chi connectivity index (χ3n) is 5.61. The molecule has 148 valence electrons. The Kier molecular flexibility index (Phi) is 6.05. The summed E-state index contributed by atoms with van der Waals surface area (Å²) in [7, 11) is 0. The first-order valence-corrected chi connectivity index (χ1v) is 13.1. The molecule has 0 radical (unpaired) electrons. The molecule has 0 N–H and O–H groups in total. The second-order valence-corrected chi connectivity index (χ2v) is 10.7. The van der Waals surface area contributed by atoms with Gasteiger partial charge in [-0.3, -0.25) is 0 Å². The van der Waals surface area contributed by atoms with Crippen molar-refractivity contribution in [3.05, 3.63) is 99.8 Å². The van der Waals surface area contributed by atoms with Gasteiger partial charge in [-0.15, -0.1) is 0 Å². The van der Waals surface area contributed by atoms with Crippen LogP contribution in [0.25, 0.3) is 5.70 Å². The van der Waals surface area contributed by atoms with E-state index in [-0.39, 0.29) is 5.91 Å². The van der Waals surface area contributed by atoms with Crippen LogP contribution in [0, 0.1) is 5.41 Å². The van der Waals surface area contributed by atoms with Gasteiger partial charge >= 0.3 is 184 Å². The van der Waals surface area contributed by atoms with Gasteiger partial charge in [0.25, 0.3) is 0 Å². The second-order valence-electron chi connectivity index (χ2n) is 7.64. The van der Waals surface area contributed by atoms with Crippen molar-refractivity contribution in [2.75, 3.05) is 0 Å². The molecule has 0 saturated heterocycles. The van der Waals surface area contributed by atoms with Gasteiger partial charge in [0.1, 0.15) is 0 Å². The zero-order valence-corrected chi connectivity index (χ0v) is 19.3. The molecule has 1 aliphatic rings. The van der Waals surface area contributed by atoms with E-state index in [4.69, 9.17) is 0 Å². The summed E-state index contributed by atoms with van der Waals surface area (Å²) in [5, 5.41) is 4.09. The molecule has 1 aliphatic heterocycles. The third kappa shape index (κ3) is 4.11. The van der Waals surface area contributed by atoms with Crippen LogP contribution in [0.5, 0.6) is 0 Å². The van der Waals surface area contributed by atoms with Crippen molar-refractivity contribution in [3.8, 4) is 0 Å². The molecule has 0 fully saturated rings. The van der Waals surface area contributed by atoms with E-state index in [9.17, 15) is 4.79 Å². The molecule has 3 aromatic rings. The molecule has 4 rings (SSSR count). The van der Waals surface area contributed by atoms with E-state index >= 15 is 0 Å². The van der Waals surface area contributed by atoms with Gasteiger partial charge in [-0.05, 0) is 0 Å². The Bertz CT molecular complexity index is 998. The molecule has 0 bridgehead atoms. The summed E-state index contributed by atoms with van der Waals surface area (Å²) in [6.07, 6.45) is 0. The third-order valence-corrected chi connectivity index (χ3v) is 9.25. The average Bonchev–Trinajstić information content (AvgIpc) is 3.33. The zero-order valence-electron chi connectivity index (χ0n) is 16.8. The molecule has 2 nitrogen and oxygen atoms in total. The first kappa shape index (κ1) is 20.2. The van der Waals surface area contributed by atoms with E-state index in [0.29, 0.717) is 21.5 Å². The minimum absolute atomic E-state index is 0.247. The molecule has 29 heavy (non-hydrogen) atoms. The number of benzene rings is 2. The second kappa shape index (κ2) is 8.71. The van der Waals surface area contributed by atoms with E-state index in [1.807, 2.05) is 23.1 Å². The number of hydrogen-bond donors (Lipinski definition) is 0. The fraction of sp³-hybridized carbons (Fsp3) is 0.240. The predicted octanol–water partition coefficient (Wildman–Crippen LogP) is 5.85. The summed E-state index contributed by atoms with van der Waals surface area (Å²) in [6, 6.07) is 25.1. The van der Waals surface area contributed by atoms with E-state index < -0.39 is 5.41 Å². The molecule has 1 aromatic heterocycles. The predicted molar refractivity (Wildman–Crippen MR) is 123 cm³/mol. The molecule has 1 amide bonds. The number of nitrogens with zero attached hydrogens (tertiary/aromatic N) is 1. The Hall–Kier alpha value is -2.13. The minimum atomic E-state index is -0.414. The summed E-state index contributed by atoms with van der Waals surface area (Å²) < 4.78 is 0. The van der Waals surface area contributed by atoms with Gasteiger partial charge < -0.3 is 0 Å². The van der Waals surface area contributed by atoms with Crippen LogP contribution >= 0.6 is 11.3 Å². The average molecular weight is 467 g/mol. The Morgan fingerprint density at radius 3 is 2.21 bits per heavy atom. The van der Waals surface area contributed by atoms with E-state index in [1.54, 1.807) is 11.3 Å². The van der Waals surface area contributed by atoms with E-state index in [0.717, 1.165) is 16.3 Å². The Balaban J connectivity index is 1.60. The van der Waals surface area contributed by atoms with Gasteiger partial charge in [-0.25, -0.2) is 0 Å². The number of hydrogen-bond acceptors (Lipinski definition) is 2. The van der Waals surface area contributed by atoms with Crippen LogP contribution in [-0.4, -0.2) is 25.8 Å².